The van der Waals surface area contributed by atoms with Crippen molar-refractivity contribution in [3.8, 4) is 0 Å². The monoisotopic (exact) mass is 175 g/mol. The molecule has 0 aliphatic rings. The second kappa shape index (κ2) is 2.65. The number of hydrogen-bond donors (Lipinski definition) is 0. The van der Waals surface area contributed by atoms with Gasteiger partial charge in [-0.2, -0.15) is 8.42 Å². The van der Waals surface area contributed by atoms with Gasteiger partial charge in [-0.15, -0.1) is 3.97 Å². The van der Waals surface area contributed by atoms with Crippen LogP contribution in [0.4, 0.5) is 0 Å². The Kier molecular flexibility index (Phi) is 1.99. The summed E-state index contributed by atoms with van der Waals surface area (Å²) in [5.41, 5.74) is 0. The predicted molar refractivity (Wildman–Crippen MR) is 40.5 cm³/mol. The fourth-order valence-corrected chi connectivity index (χ4v) is 1.57. The molecule has 0 saturated heterocycles. The van der Waals surface area contributed by atoms with Crippen LogP contribution in [0.25, 0.3) is 0 Å². The zero-order valence-corrected chi connectivity index (χ0v) is 7.37. The van der Waals surface area contributed by atoms with Crippen molar-refractivity contribution in [1.29, 1.82) is 0 Å². The van der Waals surface area contributed by atoms with E-state index in [-0.39, 0.29) is 5.75 Å². The average Bonchev–Trinajstić information content (AvgIpc) is 2.36. The highest BCUT2D eigenvalue weighted by molar-refractivity contribution is 7.89. The molecule has 0 atom stereocenters. The van der Waals surface area contributed by atoms with Gasteiger partial charge in [0.15, 0.2) is 0 Å². The smallest absolute Gasteiger partial charge is 0.239 e. The summed E-state index contributed by atoms with van der Waals surface area (Å²) in [6.07, 6.45) is 4.74. The molecule has 0 aliphatic carbocycles. The Morgan fingerprint density at radius 1 is 1.55 bits per heavy atom. The van der Waals surface area contributed by atoms with E-state index in [4.69, 9.17) is 0 Å². The SMILES string of the molecule is CCS(=O)(=O)n1cc[n+](C)c1. The zero-order valence-electron chi connectivity index (χ0n) is 6.56. The van der Waals surface area contributed by atoms with E-state index in [0.717, 1.165) is 0 Å². The van der Waals surface area contributed by atoms with Crippen LogP contribution in [-0.4, -0.2) is 18.1 Å². The Morgan fingerprint density at radius 2 is 2.18 bits per heavy atom. The zero-order chi connectivity index (χ0) is 8.48. The lowest BCUT2D eigenvalue weighted by Gasteiger charge is -1.91. The number of aromatic nitrogens is 2. The van der Waals surface area contributed by atoms with E-state index in [9.17, 15) is 8.42 Å². The first-order valence-corrected chi connectivity index (χ1v) is 4.93. The van der Waals surface area contributed by atoms with Crippen LogP contribution in [0.2, 0.25) is 0 Å². The van der Waals surface area contributed by atoms with Gasteiger partial charge in [0.1, 0.15) is 12.4 Å². The third-order valence-electron chi connectivity index (χ3n) is 1.43. The molecule has 0 N–H and O–H groups in total. The van der Waals surface area contributed by atoms with Crippen molar-refractivity contribution in [2.45, 2.75) is 6.92 Å². The van der Waals surface area contributed by atoms with Gasteiger partial charge in [-0.25, -0.2) is 4.57 Å². The topological polar surface area (TPSA) is 43.0 Å². The third-order valence-corrected chi connectivity index (χ3v) is 3.02. The summed E-state index contributed by atoms with van der Waals surface area (Å²) in [5.74, 6) is 0.127. The molecule has 0 unspecified atom stereocenters. The lowest BCUT2D eigenvalue weighted by Crippen LogP contribution is -2.25. The van der Waals surface area contributed by atoms with Crippen LogP contribution in [0.15, 0.2) is 18.7 Å². The predicted octanol–water partition coefficient (Wildman–Crippen LogP) is -0.490. The van der Waals surface area contributed by atoms with Gasteiger partial charge in [-0.1, -0.05) is 0 Å². The van der Waals surface area contributed by atoms with Crippen LogP contribution in [0.5, 0.6) is 0 Å². The minimum atomic E-state index is -3.08. The summed E-state index contributed by atoms with van der Waals surface area (Å²) in [6, 6.07) is 0. The molecule has 1 heterocycles. The summed E-state index contributed by atoms with van der Waals surface area (Å²) >= 11 is 0. The largest absolute Gasteiger partial charge is 0.304 e. The summed E-state index contributed by atoms with van der Waals surface area (Å²) in [6.45, 7) is 1.62. The summed E-state index contributed by atoms with van der Waals surface area (Å²) in [5, 5.41) is 0. The second-order valence-electron chi connectivity index (χ2n) is 2.31. The molecule has 0 aliphatic heterocycles. The molecule has 0 fully saturated rings. The molecule has 1 aromatic rings. The first kappa shape index (κ1) is 8.26. The Labute approximate surface area is 66.1 Å². The van der Waals surface area contributed by atoms with Gasteiger partial charge in [0.25, 0.3) is 6.33 Å². The molecule has 1 rings (SSSR count). The van der Waals surface area contributed by atoms with Crippen LogP contribution in [-0.2, 0) is 17.1 Å². The molecular weight excluding hydrogens is 164 g/mol. The normalized spacial score (nSPS) is 11.8. The van der Waals surface area contributed by atoms with E-state index >= 15 is 0 Å². The van der Waals surface area contributed by atoms with E-state index < -0.39 is 10.0 Å². The van der Waals surface area contributed by atoms with Crippen molar-refractivity contribution in [1.82, 2.24) is 3.97 Å². The molecule has 4 nitrogen and oxygen atoms in total. The van der Waals surface area contributed by atoms with E-state index in [1.54, 1.807) is 24.7 Å². The molecular formula is C6H11N2O2S+. The molecule has 0 saturated carbocycles. The van der Waals surface area contributed by atoms with Crippen LogP contribution in [0.3, 0.4) is 0 Å². The Morgan fingerprint density at radius 3 is 2.55 bits per heavy atom. The second-order valence-corrected chi connectivity index (χ2v) is 4.47. The van der Waals surface area contributed by atoms with E-state index in [0.29, 0.717) is 0 Å². The van der Waals surface area contributed by atoms with Crippen molar-refractivity contribution in [2.75, 3.05) is 5.75 Å². The van der Waals surface area contributed by atoms with Gasteiger partial charge in [0.2, 0.25) is 0 Å². The highest BCUT2D eigenvalue weighted by Gasteiger charge is 2.15. The average molecular weight is 175 g/mol. The standard InChI is InChI=1S/C6H11N2O2S/c1-3-11(9,10)8-5-4-7(2)6-8/h4-6H,3H2,1-2H3/q+1. The molecule has 0 aromatic carbocycles. The van der Waals surface area contributed by atoms with Gasteiger partial charge in [-0.05, 0) is 6.92 Å². The maximum Gasteiger partial charge on any atom is 0.304 e. The van der Waals surface area contributed by atoms with Crippen LogP contribution in [0.1, 0.15) is 6.92 Å². The van der Waals surface area contributed by atoms with Gasteiger partial charge in [-0.3, -0.25) is 0 Å². The maximum atomic E-state index is 11.2. The Hall–Kier alpha value is -0.840. The van der Waals surface area contributed by atoms with Crippen LogP contribution >= 0.6 is 0 Å². The molecule has 0 bridgehead atoms. The fraction of sp³-hybridized carbons (Fsp3) is 0.500. The summed E-state index contributed by atoms with van der Waals surface area (Å²) < 4.78 is 25.2. The maximum absolute atomic E-state index is 11.2. The number of rotatable bonds is 2. The molecule has 11 heavy (non-hydrogen) atoms. The molecule has 62 valence electrons. The van der Waals surface area contributed by atoms with Gasteiger partial charge in [0.05, 0.1) is 12.8 Å². The van der Waals surface area contributed by atoms with Crippen molar-refractivity contribution in [2.24, 2.45) is 7.05 Å². The Balaban J connectivity index is 3.13. The third kappa shape index (κ3) is 1.59. The lowest BCUT2D eigenvalue weighted by molar-refractivity contribution is -0.670. The first-order valence-electron chi connectivity index (χ1n) is 3.33. The molecule has 0 spiro atoms. The highest BCUT2D eigenvalue weighted by atomic mass is 32.2. The Bertz CT molecular complexity index is 339. The van der Waals surface area contributed by atoms with Gasteiger partial charge < -0.3 is 0 Å². The molecule has 5 heteroatoms. The van der Waals surface area contributed by atoms with Gasteiger partial charge in [0, 0.05) is 0 Å². The summed E-state index contributed by atoms with van der Waals surface area (Å²) in [4.78, 5) is 0. The number of imidazole rings is 1. The number of aryl methyl sites for hydroxylation is 1. The lowest BCUT2D eigenvalue weighted by atomic mass is 10.9. The van der Waals surface area contributed by atoms with Crippen molar-refractivity contribution in [3.05, 3.63) is 18.7 Å². The van der Waals surface area contributed by atoms with Crippen LogP contribution < -0.4 is 4.57 Å². The first-order chi connectivity index (χ1) is 5.06. The van der Waals surface area contributed by atoms with E-state index in [1.165, 1.54) is 16.5 Å². The van der Waals surface area contributed by atoms with Crippen molar-refractivity contribution >= 4 is 10.0 Å². The van der Waals surface area contributed by atoms with Crippen molar-refractivity contribution in [3.63, 3.8) is 0 Å². The van der Waals surface area contributed by atoms with Crippen LogP contribution in [0, 0.1) is 0 Å². The fourth-order valence-electron chi connectivity index (χ4n) is 0.741. The number of hydrogen-bond acceptors (Lipinski definition) is 2. The quantitative estimate of drug-likeness (QED) is 0.569. The van der Waals surface area contributed by atoms with E-state index in [1.807, 2.05) is 0 Å². The highest BCUT2D eigenvalue weighted by Crippen LogP contribution is 1.93. The molecule has 0 amide bonds. The molecule has 1 aromatic heterocycles. The minimum Gasteiger partial charge on any atom is -0.239 e. The van der Waals surface area contributed by atoms with E-state index in [2.05, 4.69) is 0 Å². The molecule has 0 radical (unpaired) electrons. The summed E-state index contributed by atoms with van der Waals surface area (Å²) in [7, 11) is -1.30. The minimum absolute atomic E-state index is 0.127. The van der Waals surface area contributed by atoms with Gasteiger partial charge >= 0.3 is 10.0 Å². The number of nitrogens with zero attached hydrogens (tertiary/aromatic N) is 2. The van der Waals surface area contributed by atoms with Crippen molar-refractivity contribution < 1.29 is 13.0 Å².